The number of aliphatic hydroxyl groups is 1. The van der Waals surface area contributed by atoms with Crippen molar-refractivity contribution in [3.63, 3.8) is 0 Å². The first-order valence-electron chi connectivity index (χ1n) is 6.92. The van der Waals surface area contributed by atoms with Gasteiger partial charge in [0.05, 0.1) is 6.10 Å². The lowest BCUT2D eigenvalue weighted by Crippen LogP contribution is -2.25. The van der Waals surface area contributed by atoms with Crippen molar-refractivity contribution < 1.29 is 5.11 Å². The smallest absolute Gasteiger partial charge is 0.0821 e. The number of hydrogen-bond acceptors (Lipinski definition) is 1. The predicted octanol–water partition coefficient (Wildman–Crippen LogP) is 4.86. The molecule has 0 spiro atoms. The molecule has 2 heteroatoms. The van der Waals surface area contributed by atoms with Crippen molar-refractivity contribution in [3.05, 3.63) is 33.8 Å². The summed E-state index contributed by atoms with van der Waals surface area (Å²) in [7, 11) is 0. The van der Waals surface area contributed by atoms with Gasteiger partial charge in [-0.05, 0) is 61.1 Å². The van der Waals surface area contributed by atoms with Gasteiger partial charge in [0.15, 0.2) is 0 Å². The van der Waals surface area contributed by atoms with E-state index >= 15 is 0 Å². The molecule has 0 radical (unpaired) electrons. The van der Waals surface area contributed by atoms with Crippen LogP contribution in [0.2, 0.25) is 0 Å². The zero-order valence-corrected chi connectivity index (χ0v) is 13.1. The maximum atomic E-state index is 10.7. The third kappa shape index (κ3) is 2.97. The Hall–Kier alpha value is -0.340. The minimum Gasteiger partial charge on any atom is -0.388 e. The summed E-state index contributed by atoms with van der Waals surface area (Å²) in [4.78, 5) is 0. The molecule has 1 nitrogen and oxygen atoms in total. The van der Waals surface area contributed by atoms with Crippen LogP contribution in [-0.4, -0.2) is 5.11 Å². The Morgan fingerprint density at radius 3 is 2.39 bits per heavy atom. The van der Waals surface area contributed by atoms with Gasteiger partial charge in [0.1, 0.15) is 0 Å². The summed E-state index contributed by atoms with van der Waals surface area (Å²) < 4.78 is 1.09. The Morgan fingerprint density at radius 2 is 1.78 bits per heavy atom. The lowest BCUT2D eigenvalue weighted by molar-refractivity contribution is 0.0547. The maximum absolute atomic E-state index is 10.7. The molecule has 1 N–H and O–H groups in total. The van der Waals surface area contributed by atoms with E-state index < -0.39 is 0 Å². The molecule has 1 aliphatic carbocycles. The monoisotopic (exact) mass is 310 g/mol. The highest BCUT2D eigenvalue weighted by molar-refractivity contribution is 9.10. The molecule has 0 amide bonds. The van der Waals surface area contributed by atoms with Crippen molar-refractivity contribution in [1.82, 2.24) is 0 Å². The molecule has 18 heavy (non-hydrogen) atoms. The topological polar surface area (TPSA) is 20.2 Å². The van der Waals surface area contributed by atoms with Gasteiger partial charge in [-0.1, -0.05) is 41.9 Å². The average molecular weight is 311 g/mol. The van der Waals surface area contributed by atoms with Crippen LogP contribution in [0.1, 0.15) is 50.3 Å². The highest BCUT2D eigenvalue weighted by Crippen LogP contribution is 2.41. The summed E-state index contributed by atoms with van der Waals surface area (Å²) >= 11 is 3.55. The first kappa shape index (κ1) is 14.1. The van der Waals surface area contributed by atoms with Crippen molar-refractivity contribution in [2.75, 3.05) is 0 Å². The Morgan fingerprint density at radius 1 is 1.17 bits per heavy atom. The summed E-state index contributed by atoms with van der Waals surface area (Å²) in [6, 6.07) is 6.12. The van der Waals surface area contributed by atoms with Crippen molar-refractivity contribution >= 4 is 15.9 Å². The Labute approximate surface area is 119 Å². The summed E-state index contributed by atoms with van der Waals surface area (Å²) in [5, 5.41) is 10.7. The Balaban J connectivity index is 2.20. The summed E-state index contributed by atoms with van der Waals surface area (Å²) in [5.41, 5.74) is 2.27. The van der Waals surface area contributed by atoms with Crippen LogP contribution >= 0.6 is 15.9 Å². The highest BCUT2D eigenvalue weighted by Gasteiger charge is 2.30. The van der Waals surface area contributed by atoms with E-state index in [4.69, 9.17) is 0 Å². The summed E-state index contributed by atoms with van der Waals surface area (Å²) in [6.07, 6.45) is 3.29. The fourth-order valence-electron chi connectivity index (χ4n) is 3.47. The van der Waals surface area contributed by atoms with Gasteiger partial charge in [-0.3, -0.25) is 0 Å². The van der Waals surface area contributed by atoms with Crippen LogP contribution in [-0.2, 0) is 0 Å². The van der Waals surface area contributed by atoms with Crippen molar-refractivity contribution in [2.45, 2.75) is 46.1 Å². The highest BCUT2D eigenvalue weighted by atomic mass is 79.9. The second-order valence-electron chi connectivity index (χ2n) is 6.08. The van der Waals surface area contributed by atoms with Crippen LogP contribution in [0.3, 0.4) is 0 Å². The normalized spacial score (nSPS) is 30.2. The number of benzene rings is 1. The zero-order valence-electron chi connectivity index (χ0n) is 11.5. The van der Waals surface area contributed by atoms with E-state index in [0.29, 0.717) is 5.92 Å². The van der Waals surface area contributed by atoms with E-state index in [-0.39, 0.29) is 6.10 Å². The van der Waals surface area contributed by atoms with E-state index in [2.05, 4.69) is 42.8 Å². The maximum Gasteiger partial charge on any atom is 0.0821 e. The molecular weight excluding hydrogens is 288 g/mol. The molecule has 0 bridgehead atoms. The van der Waals surface area contributed by atoms with Gasteiger partial charge in [-0.15, -0.1) is 0 Å². The number of aliphatic hydroxyl groups excluding tert-OH is 1. The van der Waals surface area contributed by atoms with Gasteiger partial charge in [0, 0.05) is 4.47 Å². The molecular formula is C16H23BrO. The number of rotatable bonds is 2. The molecule has 1 saturated carbocycles. The fraction of sp³-hybridized carbons (Fsp3) is 0.625. The molecule has 0 aliphatic heterocycles. The van der Waals surface area contributed by atoms with Gasteiger partial charge in [-0.2, -0.15) is 0 Å². The van der Waals surface area contributed by atoms with Crippen LogP contribution in [0.15, 0.2) is 22.7 Å². The fourth-order valence-corrected chi connectivity index (χ4v) is 3.85. The minimum atomic E-state index is -0.312. The van der Waals surface area contributed by atoms with Crippen molar-refractivity contribution in [3.8, 4) is 0 Å². The zero-order chi connectivity index (χ0) is 13.3. The van der Waals surface area contributed by atoms with Crippen LogP contribution in [0, 0.1) is 24.7 Å². The molecule has 1 fully saturated rings. The average Bonchev–Trinajstić information content (AvgIpc) is 2.30. The molecule has 0 heterocycles. The first-order valence-corrected chi connectivity index (χ1v) is 7.71. The van der Waals surface area contributed by atoms with Crippen molar-refractivity contribution in [1.29, 1.82) is 0 Å². The second-order valence-corrected chi connectivity index (χ2v) is 6.93. The SMILES string of the molecule is Cc1c(Br)cccc1C(O)C1CC(C)CC(C)C1. The van der Waals surface area contributed by atoms with Gasteiger partial charge in [0.25, 0.3) is 0 Å². The molecule has 100 valence electrons. The molecule has 1 aromatic rings. The molecule has 3 unspecified atom stereocenters. The van der Waals surface area contributed by atoms with E-state index in [1.54, 1.807) is 0 Å². The first-order chi connectivity index (χ1) is 8.49. The lowest BCUT2D eigenvalue weighted by Gasteiger charge is -2.35. The van der Waals surface area contributed by atoms with Crippen molar-refractivity contribution in [2.24, 2.45) is 17.8 Å². The van der Waals surface area contributed by atoms with E-state index in [9.17, 15) is 5.11 Å². The lowest BCUT2D eigenvalue weighted by atomic mass is 9.73. The van der Waals surface area contributed by atoms with Gasteiger partial charge < -0.3 is 5.11 Å². The van der Waals surface area contributed by atoms with Crippen LogP contribution in [0.25, 0.3) is 0 Å². The summed E-state index contributed by atoms with van der Waals surface area (Å²) in [6.45, 7) is 6.70. The molecule has 0 saturated heterocycles. The van der Waals surface area contributed by atoms with E-state index in [1.165, 1.54) is 12.0 Å². The Bertz CT molecular complexity index is 406. The van der Waals surface area contributed by atoms with Crippen LogP contribution in [0.5, 0.6) is 0 Å². The van der Waals surface area contributed by atoms with Crippen LogP contribution < -0.4 is 0 Å². The molecule has 1 aromatic carbocycles. The third-order valence-corrected chi connectivity index (χ3v) is 5.15. The predicted molar refractivity (Wildman–Crippen MR) is 79.5 cm³/mol. The van der Waals surface area contributed by atoms with E-state index in [0.717, 1.165) is 34.7 Å². The molecule has 0 aromatic heterocycles. The second kappa shape index (κ2) is 5.75. The molecule has 2 rings (SSSR count). The van der Waals surface area contributed by atoms with Gasteiger partial charge in [-0.25, -0.2) is 0 Å². The Kier molecular flexibility index (Phi) is 4.50. The minimum absolute atomic E-state index is 0.312. The van der Waals surface area contributed by atoms with E-state index in [1.807, 2.05) is 12.1 Å². The largest absolute Gasteiger partial charge is 0.388 e. The third-order valence-electron chi connectivity index (χ3n) is 4.29. The quantitative estimate of drug-likeness (QED) is 0.826. The van der Waals surface area contributed by atoms with Gasteiger partial charge in [0.2, 0.25) is 0 Å². The molecule has 3 atom stereocenters. The summed E-state index contributed by atoms with van der Waals surface area (Å²) in [5.74, 6) is 1.89. The number of halogens is 1. The number of hydrogen-bond donors (Lipinski definition) is 1. The standard InChI is InChI=1S/C16H23BrO/c1-10-7-11(2)9-13(8-10)16(18)14-5-4-6-15(17)12(14)3/h4-6,10-11,13,16,18H,7-9H2,1-3H3. The van der Waals surface area contributed by atoms with Gasteiger partial charge >= 0.3 is 0 Å². The van der Waals surface area contributed by atoms with Crippen LogP contribution in [0.4, 0.5) is 0 Å². The molecule has 1 aliphatic rings.